The Hall–Kier alpha value is -1.38. The van der Waals surface area contributed by atoms with E-state index in [1.807, 2.05) is 0 Å². The molecule has 1 aromatic rings. The lowest BCUT2D eigenvalue weighted by atomic mass is 9.84. The molecule has 0 aromatic heterocycles. The smallest absolute Gasteiger partial charge is 0.224 e. The molecule has 1 unspecified atom stereocenters. The first-order valence-corrected chi connectivity index (χ1v) is 5.65. The molecule has 1 aliphatic heterocycles. The minimum Gasteiger partial charge on any atom is -0.326 e. The molecule has 1 heterocycles. The van der Waals surface area contributed by atoms with Gasteiger partial charge in [0.1, 0.15) is 5.82 Å². The first kappa shape index (κ1) is 11.1. The summed E-state index contributed by atoms with van der Waals surface area (Å²) in [6, 6.07) is 4.58. The van der Waals surface area contributed by atoms with Crippen molar-refractivity contribution in [3.05, 3.63) is 29.6 Å². The largest absolute Gasteiger partial charge is 0.326 e. The summed E-state index contributed by atoms with van der Waals surface area (Å²) < 4.78 is 13.2. The molecule has 1 aromatic carbocycles. The van der Waals surface area contributed by atoms with E-state index in [0.29, 0.717) is 12.3 Å². The highest BCUT2D eigenvalue weighted by atomic mass is 19.1. The van der Waals surface area contributed by atoms with E-state index in [2.05, 4.69) is 19.2 Å². The number of carbonyl (C=O) groups excluding carboxylic acids is 1. The molecule has 0 saturated carbocycles. The van der Waals surface area contributed by atoms with Crippen LogP contribution in [0.5, 0.6) is 0 Å². The van der Waals surface area contributed by atoms with E-state index < -0.39 is 0 Å². The van der Waals surface area contributed by atoms with Crippen molar-refractivity contribution < 1.29 is 9.18 Å². The number of rotatable bonds is 2. The maximum atomic E-state index is 13.2. The topological polar surface area (TPSA) is 29.1 Å². The maximum Gasteiger partial charge on any atom is 0.224 e. The van der Waals surface area contributed by atoms with Crippen molar-refractivity contribution in [2.24, 2.45) is 5.92 Å². The summed E-state index contributed by atoms with van der Waals surface area (Å²) in [6.45, 7) is 4.23. The van der Waals surface area contributed by atoms with Crippen LogP contribution in [0.2, 0.25) is 0 Å². The Kier molecular flexibility index (Phi) is 2.95. The molecule has 0 spiro atoms. The van der Waals surface area contributed by atoms with Crippen molar-refractivity contribution in [2.45, 2.75) is 32.6 Å². The van der Waals surface area contributed by atoms with Gasteiger partial charge < -0.3 is 5.32 Å². The third-order valence-electron chi connectivity index (χ3n) is 2.92. The fourth-order valence-electron chi connectivity index (χ4n) is 2.30. The first-order chi connectivity index (χ1) is 7.56. The van der Waals surface area contributed by atoms with Crippen molar-refractivity contribution in [3.63, 3.8) is 0 Å². The summed E-state index contributed by atoms with van der Waals surface area (Å²) in [5, 5.41) is 2.78. The number of benzene rings is 1. The van der Waals surface area contributed by atoms with Crippen LogP contribution in [0, 0.1) is 11.7 Å². The van der Waals surface area contributed by atoms with Gasteiger partial charge in [0.15, 0.2) is 0 Å². The molecular formula is C13H16FNO. The fourth-order valence-corrected chi connectivity index (χ4v) is 2.30. The molecule has 0 fully saturated rings. The average Bonchev–Trinajstić information content (AvgIpc) is 2.18. The van der Waals surface area contributed by atoms with Gasteiger partial charge in [0.05, 0.1) is 0 Å². The van der Waals surface area contributed by atoms with Crippen LogP contribution < -0.4 is 5.32 Å². The van der Waals surface area contributed by atoms with Gasteiger partial charge in [0.2, 0.25) is 5.91 Å². The van der Waals surface area contributed by atoms with Crippen molar-refractivity contribution in [1.29, 1.82) is 0 Å². The van der Waals surface area contributed by atoms with Gasteiger partial charge in [0.25, 0.3) is 0 Å². The zero-order valence-corrected chi connectivity index (χ0v) is 9.59. The summed E-state index contributed by atoms with van der Waals surface area (Å²) in [6.07, 6.45) is 1.39. The Morgan fingerprint density at radius 2 is 2.25 bits per heavy atom. The van der Waals surface area contributed by atoms with Gasteiger partial charge in [0, 0.05) is 12.1 Å². The lowest BCUT2D eigenvalue weighted by Crippen LogP contribution is -2.23. The highest BCUT2D eigenvalue weighted by Gasteiger charge is 2.25. The van der Waals surface area contributed by atoms with Gasteiger partial charge in [-0.15, -0.1) is 0 Å². The molecular weight excluding hydrogens is 205 g/mol. The van der Waals surface area contributed by atoms with E-state index in [9.17, 15) is 9.18 Å². The van der Waals surface area contributed by atoms with Crippen molar-refractivity contribution in [3.8, 4) is 0 Å². The molecule has 1 N–H and O–H groups in total. The van der Waals surface area contributed by atoms with E-state index in [0.717, 1.165) is 17.7 Å². The summed E-state index contributed by atoms with van der Waals surface area (Å²) in [7, 11) is 0. The lowest BCUT2D eigenvalue weighted by Gasteiger charge is -2.26. The molecule has 1 aliphatic rings. The number of carbonyl (C=O) groups is 1. The molecule has 0 bridgehead atoms. The lowest BCUT2D eigenvalue weighted by molar-refractivity contribution is -0.116. The number of anilines is 1. The van der Waals surface area contributed by atoms with E-state index in [1.165, 1.54) is 6.07 Å². The molecule has 0 aliphatic carbocycles. The predicted octanol–water partition coefficient (Wildman–Crippen LogP) is 3.30. The number of amides is 1. The third kappa shape index (κ3) is 2.23. The highest BCUT2D eigenvalue weighted by Crippen LogP contribution is 2.36. The van der Waals surface area contributed by atoms with Crippen LogP contribution in [0.15, 0.2) is 18.2 Å². The third-order valence-corrected chi connectivity index (χ3v) is 2.92. The second kappa shape index (κ2) is 4.24. The SMILES string of the molecule is CC(C)CC1CC(=O)Nc2ccc(F)cc21. The molecule has 0 radical (unpaired) electrons. The molecule has 0 saturated heterocycles. The molecule has 1 atom stereocenters. The second-order valence-corrected chi connectivity index (χ2v) is 4.81. The van der Waals surface area contributed by atoms with Gasteiger partial charge in [-0.2, -0.15) is 0 Å². The number of nitrogens with one attached hydrogen (secondary N) is 1. The minimum absolute atomic E-state index is 0.0322. The zero-order chi connectivity index (χ0) is 11.7. The fraction of sp³-hybridized carbons (Fsp3) is 0.462. The summed E-state index contributed by atoms with van der Waals surface area (Å²) in [5.41, 5.74) is 1.71. The van der Waals surface area contributed by atoms with E-state index >= 15 is 0 Å². The Morgan fingerprint density at radius 1 is 1.50 bits per heavy atom. The van der Waals surface area contributed by atoms with Crippen molar-refractivity contribution >= 4 is 11.6 Å². The Bertz CT molecular complexity index is 414. The predicted molar refractivity (Wildman–Crippen MR) is 61.8 cm³/mol. The number of halogens is 1. The average molecular weight is 221 g/mol. The maximum absolute atomic E-state index is 13.2. The Balaban J connectivity index is 2.35. The molecule has 2 nitrogen and oxygen atoms in total. The van der Waals surface area contributed by atoms with Gasteiger partial charge in [-0.3, -0.25) is 4.79 Å². The number of hydrogen-bond donors (Lipinski definition) is 1. The molecule has 2 rings (SSSR count). The van der Waals surface area contributed by atoms with Gasteiger partial charge >= 0.3 is 0 Å². The Morgan fingerprint density at radius 3 is 2.94 bits per heavy atom. The van der Waals surface area contributed by atoms with Crippen LogP contribution in [0.1, 0.15) is 38.2 Å². The standard InChI is InChI=1S/C13H16FNO/c1-8(2)5-9-6-13(16)15-12-4-3-10(14)7-11(9)12/h3-4,7-9H,5-6H2,1-2H3,(H,15,16). The molecule has 1 amide bonds. The first-order valence-electron chi connectivity index (χ1n) is 5.65. The quantitative estimate of drug-likeness (QED) is 0.815. The van der Waals surface area contributed by atoms with Gasteiger partial charge in [-0.05, 0) is 42.0 Å². The Labute approximate surface area is 94.9 Å². The number of hydrogen-bond acceptors (Lipinski definition) is 1. The van der Waals surface area contributed by atoms with Crippen molar-refractivity contribution in [2.75, 3.05) is 5.32 Å². The van der Waals surface area contributed by atoms with Gasteiger partial charge in [-0.25, -0.2) is 4.39 Å². The van der Waals surface area contributed by atoms with E-state index in [1.54, 1.807) is 12.1 Å². The summed E-state index contributed by atoms with van der Waals surface area (Å²) >= 11 is 0. The van der Waals surface area contributed by atoms with Crippen LogP contribution in [0.25, 0.3) is 0 Å². The van der Waals surface area contributed by atoms with Crippen LogP contribution in [-0.4, -0.2) is 5.91 Å². The molecule has 3 heteroatoms. The van der Waals surface area contributed by atoms with Crippen molar-refractivity contribution in [1.82, 2.24) is 0 Å². The van der Waals surface area contributed by atoms with Crippen LogP contribution in [0.4, 0.5) is 10.1 Å². The summed E-state index contributed by atoms with van der Waals surface area (Å²) in [5.74, 6) is 0.458. The second-order valence-electron chi connectivity index (χ2n) is 4.81. The van der Waals surface area contributed by atoms with Crippen LogP contribution in [-0.2, 0) is 4.79 Å². The molecule has 16 heavy (non-hydrogen) atoms. The number of fused-ring (bicyclic) bond motifs is 1. The summed E-state index contributed by atoms with van der Waals surface area (Å²) in [4.78, 5) is 11.5. The zero-order valence-electron chi connectivity index (χ0n) is 9.59. The van der Waals surface area contributed by atoms with Gasteiger partial charge in [-0.1, -0.05) is 13.8 Å². The molecule has 86 valence electrons. The van der Waals surface area contributed by atoms with Crippen LogP contribution >= 0.6 is 0 Å². The van der Waals surface area contributed by atoms with E-state index in [4.69, 9.17) is 0 Å². The normalized spacial score (nSPS) is 19.5. The monoisotopic (exact) mass is 221 g/mol. The minimum atomic E-state index is -0.233. The highest BCUT2D eigenvalue weighted by molar-refractivity contribution is 5.94. The van der Waals surface area contributed by atoms with E-state index in [-0.39, 0.29) is 17.6 Å². The van der Waals surface area contributed by atoms with Crippen LogP contribution in [0.3, 0.4) is 0 Å².